The predicted octanol–water partition coefficient (Wildman–Crippen LogP) is 4.90. The molecule has 0 aromatic carbocycles. The van der Waals surface area contributed by atoms with Crippen LogP contribution in [0.25, 0.3) is 0 Å². The molecule has 0 bridgehead atoms. The molecule has 0 heterocycles. The molecule has 0 radical (unpaired) electrons. The van der Waals surface area contributed by atoms with E-state index < -0.39 is 0 Å². The second-order valence-electron chi connectivity index (χ2n) is 3.80. The van der Waals surface area contributed by atoms with Crippen LogP contribution in [-0.2, 0) is 0 Å². The van der Waals surface area contributed by atoms with Crippen molar-refractivity contribution in [3.8, 4) is 0 Å². The summed E-state index contributed by atoms with van der Waals surface area (Å²) in [5.74, 6) is 0. The van der Waals surface area contributed by atoms with Gasteiger partial charge in [0.2, 0.25) is 0 Å². The highest BCUT2D eigenvalue weighted by Gasteiger charge is 2.04. The fraction of sp³-hybridized carbons (Fsp3) is 0.250. The maximum atomic E-state index is 3.77. The Kier molecular flexibility index (Phi) is 6.02. The van der Waals surface area contributed by atoms with Crippen molar-refractivity contribution < 1.29 is 0 Å². The molecule has 0 aromatic rings. The lowest BCUT2D eigenvalue weighted by atomic mass is 9.94. The van der Waals surface area contributed by atoms with Crippen LogP contribution in [0.1, 0.15) is 25.7 Å². The van der Waals surface area contributed by atoms with Gasteiger partial charge in [-0.1, -0.05) is 48.6 Å². The molecule has 1 rings (SSSR count). The average molecular weight is 212 g/mol. The van der Waals surface area contributed by atoms with Crippen molar-refractivity contribution in [3.05, 3.63) is 72.9 Å². The van der Waals surface area contributed by atoms with Crippen LogP contribution in [0.2, 0.25) is 0 Å². The molecule has 0 atom stereocenters. The van der Waals surface area contributed by atoms with Crippen LogP contribution >= 0.6 is 0 Å². The summed E-state index contributed by atoms with van der Waals surface area (Å²) in [5.41, 5.74) is 2.86. The van der Waals surface area contributed by atoms with Crippen molar-refractivity contribution in [1.82, 2.24) is 0 Å². The van der Waals surface area contributed by atoms with E-state index >= 15 is 0 Å². The SMILES string of the molecule is C=CC/C=C\C=C1/CC=CC=C1CCC=C. The van der Waals surface area contributed by atoms with E-state index in [2.05, 4.69) is 49.6 Å². The standard InChI is InChI=1S/C16H20/c1-3-5-7-8-12-16-14-10-9-13-15(16)11-6-4-2/h3-4,7-10,12-13H,1-2,5-6,11,14H2/b8-7-,16-12+. The summed E-state index contributed by atoms with van der Waals surface area (Å²) < 4.78 is 0. The minimum absolute atomic E-state index is 0.936. The van der Waals surface area contributed by atoms with Gasteiger partial charge in [-0.15, -0.1) is 13.2 Å². The summed E-state index contributed by atoms with van der Waals surface area (Å²) in [6.45, 7) is 7.46. The molecule has 16 heavy (non-hydrogen) atoms. The predicted molar refractivity (Wildman–Crippen MR) is 73.3 cm³/mol. The number of hydrogen-bond donors (Lipinski definition) is 0. The smallest absolute Gasteiger partial charge is 0.00916 e. The zero-order valence-electron chi connectivity index (χ0n) is 9.86. The average Bonchev–Trinajstić information content (AvgIpc) is 2.33. The van der Waals surface area contributed by atoms with Gasteiger partial charge in [-0.25, -0.2) is 0 Å². The minimum Gasteiger partial charge on any atom is -0.103 e. The van der Waals surface area contributed by atoms with E-state index in [4.69, 9.17) is 0 Å². The zero-order valence-corrected chi connectivity index (χ0v) is 9.86. The van der Waals surface area contributed by atoms with Crippen LogP contribution in [0.4, 0.5) is 0 Å². The van der Waals surface area contributed by atoms with Crippen molar-refractivity contribution in [2.45, 2.75) is 25.7 Å². The van der Waals surface area contributed by atoms with Crippen LogP contribution in [0.5, 0.6) is 0 Å². The Hall–Kier alpha value is -1.56. The number of hydrogen-bond acceptors (Lipinski definition) is 0. The Morgan fingerprint density at radius 1 is 1.25 bits per heavy atom. The molecule has 0 fully saturated rings. The van der Waals surface area contributed by atoms with Gasteiger partial charge in [0.05, 0.1) is 0 Å². The second-order valence-corrected chi connectivity index (χ2v) is 3.80. The summed E-state index contributed by atoms with van der Waals surface area (Å²) in [6.07, 6.45) is 21.0. The van der Waals surface area contributed by atoms with E-state index in [0.29, 0.717) is 0 Å². The van der Waals surface area contributed by atoms with Gasteiger partial charge < -0.3 is 0 Å². The first-order valence-electron chi connectivity index (χ1n) is 5.82. The van der Waals surface area contributed by atoms with Crippen LogP contribution < -0.4 is 0 Å². The zero-order chi connectivity index (χ0) is 11.6. The van der Waals surface area contributed by atoms with Gasteiger partial charge in [0.15, 0.2) is 0 Å². The molecular weight excluding hydrogens is 192 g/mol. The van der Waals surface area contributed by atoms with Gasteiger partial charge >= 0.3 is 0 Å². The van der Waals surface area contributed by atoms with Gasteiger partial charge in [0.25, 0.3) is 0 Å². The van der Waals surface area contributed by atoms with Gasteiger partial charge in [0.1, 0.15) is 0 Å². The van der Waals surface area contributed by atoms with Crippen molar-refractivity contribution in [3.63, 3.8) is 0 Å². The van der Waals surface area contributed by atoms with Crippen molar-refractivity contribution in [2.75, 3.05) is 0 Å². The highest BCUT2D eigenvalue weighted by molar-refractivity contribution is 5.41. The maximum Gasteiger partial charge on any atom is -0.00916 e. The third kappa shape index (κ3) is 4.31. The van der Waals surface area contributed by atoms with Gasteiger partial charge in [-0.2, -0.15) is 0 Å². The molecule has 0 saturated carbocycles. The summed E-state index contributed by atoms with van der Waals surface area (Å²) >= 11 is 0. The third-order valence-corrected chi connectivity index (χ3v) is 2.54. The lowest BCUT2D eigenvalue weighted by molar-refractivity contribution is 0.964. The molecule has 0 N–H and O–H groups in total. The third-order valence-electron chi connectivity index (χ3n) is 2.54. The minimum atomic E-state index is 0.936. The summed E-state index contributed by atoms with van der Waals surface area (Å²) in [6, 6.07) is 0. The molecule has 0 aliphatic heterocycles. The van der Waals surface area contributed by atoms with Crippen LogP contribution in [0, 0.1) is 0 Å². The molecule has 1 aliphatic rings. The van der Waals surface area contributed by atoms with E-state index in [1.807, 2.05) is 12.2 Å². The largest absolute Gasteiger partial charge is 0.103 e. The lowest BCUT2D eigenvalue weighted by Crippen LogP contribution is -1.92. The van der Waals surface area contributed by atoms with Crippen molar-refractivity contribution in [1.29, 1.82) is 0 Å². The van der Waals surface area contributed by atoms with E-state index in [0.717, 1.165) is 25.7 Å². The van der Waals surface area contributed by atoms with Gasteiger partial charge in [-0.05, 0) is 36.8 Å². The normalized spacial score (nSPS) is 17.8. The highest BCUT2D eigenvalue weighted by Crippen LogP contribution is 2.23. The molecule has 84 valence electrons. The summed E-state index contributed by atoms with van der Waals surface area (Å²) in [7, 11) is 0. The molecule has 0 heteroatoms. The Labute approximate surface area is 99.1 Å². The first-order valence-corrected chi connectivity index (χ1v) is 5.82. The Morgan fingerprint density at radius 3 is 2.88 bits per heavy atom. The first kappa shape index (κ1) is 12.5. The van der Waals surface area contributed by atoms with Crippen LogP contribution in [0.15, 0.2) is 72.9 Å². The van der Waals surface area contributed by atoms with Crippen LogP contribution in [-0.4, -0.2) is 0 Å². The van der Waals surface area contributed by atoms with Crippen molar-refractivity contribution in [2.24, 2.45) is 0 Å². The van der Waals surface area contributed by atoms with Crippen molar-refractivity contribution >= 4 is 0 Å². The highest BCUT2D eigenvalue weighted by atomic mass is 14.1. The van der Waals surface area contributed by atoms with Gasteiger partial charge in [0, 0.05) is 0 Å². The van der Waals surface area contributed by atoms with Crippen LogP contribution in [0.3, 0.4) is 0 Å². The molecule has 0 nitrogen and oxygen atoms in total. The van der Waals surface area contributed by atoms with E-state index in [-0.39, 0.29) is 0 Å². The molecule has 0 amide bonds. The molecule has 0 saturated heterocycles. The molecule has 0 aromatic heterocycles. The molecular formula is C16H20. The Morgan fingerprint density at radius 2 is 2.12 bits per heavy atom. The van der Waals surface area contributed by atoms with E-state index in [1.165, 1.54) is 11.1 Å². The number of rotatable bonds is 6. The van der Waals surface area contributed by atoms with E-state index in [9.17, 15) is 0 Å². The fourth-order valence-electron chi connectivity index (χ4n) is 1.65. The van der Waals surface area contributed by atoms with Gasteiger partial charge in [-0.3, -0.25) is 0 Å². The molecule has 0 unspecified atom stereocenters. The maximum absolute atomic E-state index is 3.77. The Bertz CT molecular complexity index is 348. The Balaban J connectivity index is 2.63. The molecule has 1 aliphatic carbocycles. The quantitative estimate of drug-likeness (QED) is 0.549. The fourth-order valence-corrected chi connectivity index (χ4v) is 1.65. The summed E-state index contributed by atoms with van der Waals surface area (Å²) in [4.78, 5) is 0. The number of allylic oxidation sites excluding steroid dienone is 10. The topological polar surface area (TPSA) is 0 Å². The van der Waals surface area contributed by atoms with E-state index in [1.54, 1.807) is 0 Å². The molecule has 0 spiro atoms. The first-order chi connectivity index (χ1) is 7.88. The summed E-state index contributed by atoms with van der Waals surface area (Å²) in [5, 5.41) is 0. The lowest BCUT2D eigenvalue weighted by Gasteiger charge is -2.12. The monoisotopic (exact) mass is 212 g/mol. The second kappa shape index (κ2) is 7.70.